The minimum absolute atomic E-state index is 0.0162. The van der Waals surface area contributed by atoms with Gasteiger partial charge in [-0.05, 0) is 48.5 Å². The number of halogens is 3. The molecule has 0 radical (unpaired) electrons. The smallest absolute Gasteiger partial charge is 0.416 e. The molecule has 3 N–H and O–H groups in total. The third-order valence-electron chi connectivity index (χ3n) is 4.72. The maximum absolute atomic E-state index is 13.1. The van der Waals surface area contributed by atoms with Gasteiger partial charge in [0, 0.05) is 25.0 Å². The highest BCUT2D eigenvalue weighted by molar-refractivity contribution is 5.95. The molecule has 0 saturated carbocycles. The summed E-state index contributed by atoms with van der Waals surface area (Å²) in [5.74, 6) is -0.671. The van der Waals surface area contributed by atoms with Gasteiger partial charge in [0.15, 0.2) is 0 Å². The molecule has 11 heteroatoms. The highest BCUT2D eigenvalue weighted by atomic mass is 19.4. The van der Waals surface area contributed by atoms with E-state index in [-0.39, 0.29) is 28.5 Å². The fourth-order valence-corrected chi connectivity index (χ4v) is 3.21. The van der Waals surface area contributed by atoms with E-state index in [2.05, 4.69) is 15.3 Å². The van der Waals surface area contributed by atoms with Crippen LogP contribution in [0.25, 0.3) is 16.7 Å². The van der Waals surface area contributed by atoms with Crippen molar-refractivity contribution in [2.75, 3.05) is 7.05 Å². The summed E-state index contributed by atoms with van der Waals surface area (Å²) in [6.45, 7) is 0. The third-order valence-corrected chi connectivity index (χ3v) is 4.72. The molecular weight excluding hydrogens is 439 g/mol. The molecule has 2 aromatic heterocycles. The van der Waals surface area contributed by atoms with Crippen LogP contribution in [0.1, 0.15) is 26.7 Å². The average Bonchev–Trinajstić information content (AvgIpc) is 3.18. The zero-order valence-corrected chi connectivity index (χ0v) is 17.1. The van der Waals surface area contributed by atoms with Crippen molar-refractivity contribution in [3.8, 4) is 17.2 Å². The quantitative estimate of drug-likeness (QED) is 0.477. The number of imidazole rings is 1. The van der Waals surface area contributed by atoms with Crippen molar-refractivity contribution in [3.63, 3.8) is 0 Å². The van der Waals surface area contributed by atoms with Crippen LogP contribution >= 0.6 is 0 Å². The Labute approximate surface area is 184 Å². The van der Waals surface area contributed by atoms with Crippen LogP contribution < -0.4 is 15.8 Å². The average molecular weight is 455 g/mol. The summed E-state index contributed by atoms with van der Waals surface area (Å²) in [6, 6.07) is 12.4. The molecule has 0 aliphatic carbocycles. The van der Waals surface area contributed by atoms with Gasteiger partial charge >= 0.3 is 6.18 Å². The zero-order valence-electron chi connectivity index (χ0n) is 17.1. The molecule has 168 valence electrons. The van der Waals surface area contributed by atoms with Gasteiger partial charge in [0.25, 0.3) is 11.8 Å². The molecule has 0 aliphatic rings. The van der Waals surface area contributed by atoms with Gasteiger partial charge in [0.05, 0.1) is 16.6 Å². The molecule has 0 fully saturated rings. The van der Waals surface area contributed by atoms with Crippen LogP contribution in [0.3, 0.4) is 0 Å². The molecule has 0 spiro atoms. The standard InChI is InChI=1S/C22H16F3N5O3/c1-27-21(32)17-11-15(8-9-28-17)33-14-5-3-13(4-6-14)30-18-7-2-12(22(23,24)25)10-16(18)29-20(30)19(26)31/h2-11H,1H3,(H2,26,31)(H,27,32). The number of carbonyl (C=O) groups excluding carboxylic acids is 2. The van der Waals surface area contributed by atoms with Crippen LogP contribution in [0.4, 0.5) is 13.2 Å². The SMILES string of the molecule is CNC(=O)c1cc(Oc2ccc(-n3c(C(N)=O)nc4cc(C(F)(F)F)ccc43)cc2)ccn1. The summed E-state index contributed by atoms with van der Waals surface area (Å²) in [6.07, 6.45) is -3.12. The van der Waals surface area contributed by atoms with Gasteiger partial charge in [-0.15, -0.1) is 0 Å². The van der Waals surface area contributed by atoms with Gasteiger partial charge in [-0.2, -0.15) is 13.2 Å². The Kier molecular flexibility index (Phi) is 5.46. The molecule has 0 bridgehead atoms. The number of hydrogen-bond donors (Lipinski definition) is 2. The summed E-state index contributed by atoms with van der Waals surface area (Å²) < 4.78 is 46.3. The first-order valence-corrected chi connectivity index (χ1v) is 9.53. The summed E-state index contributed by atoms with van der Waals surface area (Å²) >= 11 is 0. The fraction of sp³-hybridized carbons (Fsp3) is 0.0909. The van der Waals surface area contributed by atoms with Crippen LogP contribution in [-0.4, -0.2) is 33.4 Å². The largest absolute Gasteiger partial charge is 0.457 e. The Hall–Kier alpha value is -4.41. The predicted molar refractivity (Wildman–Crippen MR) is 112 cm³/mol. The number of rotatable bonds is 5. The summed E-state index contributed by atoms with van der Waals surface area (Å²) in [4.78, 5) is 31.6. The zero-order chi connectivity index (χ0) is 23.8. The minimum Gasteiger partial charge on any atom is -0.457 e. The second kappa shape index (κ2) is 8.26. The van der Waals surface area contributed by atoms with Crippen molar-refractivity contribution in [2.24, 2.45) is 5.73 Å². The first-order chi connectivity index (χ1) is 15.7. The minimum atomic E-state index is -4.55. The number of aromatic nitrogens is 3. The number of fused-ring (bicyclic) bond motifs is 1. The number of nitrogens with one attached hydrogen (secondary N) is 1. The molecular formula is C22H16F3N5O3. The van der Waals surface area contributed by atoms with Crippen molar-refractivity contribution >= 4 is 22.8 Å². The second-order valence-electron chi connectivity index (χ2n) is 6.89. The van der Waals surface area contributed by atoms with Crippen molar-refractivity contribution in [3.05, 3.63) is 77.9 Å². The molecule has 8 nitrogen and oxygen atoms in total. The van der Waals surface area contributed by atoms with Crippen LogP contribution in [-0.2, 0) is 6.18 Å². The van der Waals surface area contributed by atoms with Crippen molar-refractivity contribution in [1.29, 1.82) is 0 Å². The number of primary amides is 1. The molecule has 4 aromatic rings. The first-order valence-electron chi connectivity index (χ1n) is 9.53. The topological polar surface area (TPSA) is 112 Å². The Morgan fingerprint density at radius 2 is 1.76 bits per heavy atom. The molecule has 2 amide bonds. The van der Waals surface area contributed by atoms with E-state index in [4.69, 9.17) is 10.5 Å². The number of carbonyl (C=O) groups is 2. The van der Waals surface area contributed by atoms with Crippen molar-refractivity contribution < 1.29 is 27.5 Å². The van der Waals surface area contributed by atoms with Gasteiger partial charge in [-0.25, -0.2) is 4.98 Å². The monoisotopic (exact) mass is 455 g/mol. The van der Waals surface area contributed by atoms with Gasteiger partial charge in [0.2, 0.25) is 5.82 Å². The molecule has 4 rings (SSSR count). The van der Waals surface area contributed by atoms with E-state index in [0.717, 1.165) is 12.1 Å². The summed E-state index contributed by atoms with van der Waals surface area (Å²) in [5.41, 5.74) is 5.43. The van der Waals surface area contributed by atoms with E-state index in [9.17, 15) is 22.8 Å². The molecule has 0 aliphatic heterocycles. The van der Waals surface area contributed by atoms with E-state index in [1.165, 1.54) is 29.9 Å². The number of ether oxygens (including phenoxy) is 1. The number of nitrogens with two attached hydrogens (primary N) is 1. The number of benzene rings is 2. The molecule has 0 saturated heterocycles. The van der Waals surface area contributed by atoms with E-state index >= 15 is 0 Å². The Balaban J connectivity index is 1.69. The second-order valence-corrected chi connectivity index (χ2v) is 6.89. The lowest BCUT2D eigenvalue weighted by atomic mass is 10.2. The van der Waals surface area contributed by atoms with Crippen LogP contribution in [0, 0.1) is 0 Å². The highest BCUT2D eigenvalue weighted by Gasteiger charge is 2.31. The maximum Gasteiger partial charge on any atom is 0.416 e. The predicted octanol–water partition coefficient (Wildman–Crippen LogP) is 3.69. The first kappa shape index (κ1) is 21.8. The lowest BCUT2D eigenvalue weighted by Crippen LogP contribution is -2.18. The number of hydrogen-bond acceptors (Lipinski definition) is 5. The third kappa shape index (κ3) is 4.33. The highest BCUT2D eigenvalue weighted by Crippen LogP contribution is 2.33. The Bertz CT molecular complexity index is 1360. The van der Waals surface area contributed by atoms with Crippen LogP contribution in [0.5, 0.6) is 11.5 Å². The summed E-state index contributed by atoms with van der Waals surface area (Å²) in [5, 5.41) is 2.47. The van der Waals surface area contributed by atoms with Crippen LogP contribution in [0.15, 0.2) is 60.8 Å². The fourth-order valence-electron chi connectivity index (χ4n) is 3.21. The van der Waals surface area contributed by atoms with E-state index in [1.807, 2.05) is 0 Å². The molecule has 2 aromatic carbocycles. The maximum atomic E-state index is 13.1. The molecule has 0 atom stereocenters. The lowest BCUT2D eigenvalue weighted by Gasteiger charge is -2.11. The Morgan fingerprint density at radius 3 is 2.39 bits per heavy atom. The van der Waals surface area contributed by atoms with Crippen molar-refractivity contribution in [1.82, 2.24) is 19.9 Å². The van der Waals surface area contributed by atoms with Crippen LogP contribution in [0.2, 0.25) is 0 Å². The number of amides is 2. The molecule has 33 heavy (non-hydrogen) atoms. The Morgan fingerprint density at radius 1 is 1.03 bits per heavy atom. The lowest BCUT2D eigenvalue weighted by molar-refractivity contribution is -0.137. The molecule has 2 heterocycles. The van der Waals surface area contributed by atoms with Gasteiger partial charge in [-0.1, -0.05) is 0 Å². The van der Waals surface area contributed by atoms with Gasteiger partial charge in [0.1, 0.15) is 17.2 Å². The molecule has 0 unspecified atom stereocenters. The summed E-state index contributed by atoms with van der Waals surface area (Å²) in [7, 11) is 1.49. The van der Waals surface area contributed by atoms with E-state index < -0.39 is 17.6 Å². The number of pyridine rings is 1. The number of alkyl halides is 3. The normalized spacial score (nSPS) is 11.4. The van der Waals surface area contributed by atoms with Crippen molar-refractivity contribution in [2.45, 2.75) is 6.18 Å². The van der Waals surface area contributed by atoms with Gasteiger partial charge < -0.3 is 15.8 Å². The van der Waals surface area contributed by atoms with E-state index in [1.54, 1.807) is 30.3 Å². The van der Waals surface area contributed by atoms with Gasteiger partial charge in [-0.3, -0.25) is 19.1 Å². The van der Waals surface area contributed by atoms with E-state index in [0.29, 0.717) is 17.2 Å². The number of nitrogens with zero attached hydrogens (tertiary/aromatic N) is 3.